The summed E-state index contributed by atoms with van der Waals surface area (Å²) < 4.78 is 0. The number of benzene rings is 2. The SMILES string of the molecule is Cc1nc2ccccc2nc1CSc1ccccc1Cl. The molecule has 1 heterocycles. The fourth-order valence-corrected chi connectivity index (χ4v) is 3.22. The molecule has 0 aliphatic carbocycles. The Kier molecular flexibility index (Phi) is 3.90. The molecule has 3 rings (SSSR count). The van der Waals surface area contributed by atoms with Crippen molar-refractivity contribution in [2.45, 2.75) is 17.6 Å². The molecule has 0 spiro atoms. The van der Waals surface area contributed by atoms with Crippen molar-refractivity contribution in [2.24, 2.45) is 0 Å². The van der Waals surface area contributed by atoms with Crippen molar-refractivity contribution in [2.75, 3.05) is 0 Å². The minimum Gasteiger partial charge on any atom is -0.250 e. The zero-order valence-electron chi connectivity index (χ0n) is 11.0. The lowest BCUT2D eigenvalue weighted by molar-refractivity contribution is 1.08. The highest BCUT2D eigenvalue weighted by atomic mass is 35.5. The summed E-state index contributed by atoms with van der Waals surface area (Å²) in [6.07, 6.45) is 0. The molecule has 2 aromatic carbocycles. The smallest absolute Gasteiger partial charge is 0.0890 e. The lowest BCUT2D eigenvalue weighted by Crippen LogP contribution is -1.97. The molecule has 0 fully saturated rings. The largest absolute Gasteiger partial charge is 0.250 e. The monoisotopic (exact) mass is 300 g/mol. The first kappa shape index (κ1) is 13.4. The van der Waals surface area contributed by atoms with E-state index in [1.807, 2.05) is 55.5 Å². The number of aryl methyl sites for hydroxylation is 1. The van der Waals surface area contributed by atoms with Gasteiger partial charge in [0.2, 0.25) is 0 Å². The number of hydrogen-bond donors (Lipinski definition) is 0. The summed E-state index contributed by atoms with van der Waals surface area (Å²) in [5, 5.41) is 0.781. The lowest BCUT2D eigenvalue weighted by atomic mass is 10.2. The van der Waals surface area contributed by atoms with Crippen molar-refractivity contribution in [3.8, 4) is 0 Å². The summed E-state index contributed by atoms with van der Waals surface area (Å²) >= 11 is 7.86. The van der Waals surface area contributed by atoms with E-state index in [1.165, 1.54) is 0 Å². The number of rotatable bonds is 3. The molecule has 0 aliphatic rings. The lowest BCUT2D eigenvalue weighted by Gasteiger charge is -2.07. The molecule has 0 radical (unpaired) electrons. The van der Waals surface area contributed by atoms with Crippen LogP contribution < -0.4 is 0 Å². The second-order valence-electron chi connectivity index (χ2n) is 4.46. The molecule has 0 saturated heterocycles. The fraction of sp³-hybridized carbons (Fsp3) is 0.125. The first-order valence-corrected chi connectivity index (χ1v) is 7.70. The van der Waals surface area contributed by atoms with Gasteiger partial charge in [0.05, 0.1) is 27.4 Å². The van der Waals surface area contributed by atoms with Crippen LogP contribution >= 0.6 is 23.4 Å². The molecule has 3 aromatic rings. The van der Waals surface area contributed by atoms with Gasteiger partial charge in [0.1, 0.15) is 0 Å². The van der Waals surface area contributed by atoms with Crippen LogP contribution in [0.25, 0.3) is 11.0 Å². The molecule has 0 bridgehead atoms. The van der Waals surface area contributed by atoms with Crippen molar-refractivity contribution in [3.05, 3.63) is 64.9 Å². The second kappa shape index (κ2) is 5.81. The van der Waals surface area contributed by atoms with Gasteiger partial charge in [-0.25, -0.2) is 9.97 Å². The highest BCUT2D eigenvalue weighted by Crippen LogP contribution is 2.29. The molecule has 0 aliphatic heterocycles. The number of fused-ring (bicyclic) bond motifs is 1. The van der Waals surface area contributed by atoms with E-state index in [4.69, 9.17) is 16.6 Å². The van der Waals surface area contributed by atoms with Crippen LogP contribution in [0.2, 0.25) is 5.02 Å². The predicted molar refractivity (Wildman–Crippen MR) is 85.3 cm³/mol. The topological polar surface area (TPSA) is 25.8 Å². The molecular formula is C16H13ClN2S. The Hall–Kier alpha value is -1.58. The second-order valence-corrected chi connectivity index (χ2v) is 5.89. The average molecular weight is 301 g/mol. The minimum absolute atomic E-state index is 0.771. The van der Waals surface area contributed by atoms with Gasteiger partial charge >= 0.3 is 0 Å². The predicted octanol–water partition coefficient (Wildman–Crippen LogP) is 4.88. The molecule has 4 heteroatoms. The third kappa shape index (κ3) is 2.79. The van der Waals surface area contributed by atoms with Crippen LogP contribution in [0.4, 0.5) is 0 Å². The summed E-state index contributed by atoms with van der Waals surface area (Å²) in [5.74, 6) is 0.771. The maximum atomic E-state index is 6.17. The van der Waals surface area contributed by atoms with Crippen LogP contribution in [0, 0.1) is 6.92 Å². The summed E-state index contributed by atoms with van der Waals surface area (Å²) in [7, 11) is 0. The van der Waals surface area contributed by atoms with Gasteiger partial charge in [0.15, 0.2) is 0 Å². The van der Waals surface area contributed by atoms with E-state index in [0.717, 1.165) is 38.1 Å². The summed E-state index contributed by atoms with van der Waals surface area (Å²) in [6.45, 7) is 2.00. The Morgan fingerprint density at radius 1 is 0.950 bits per heavy atom. The van der Waals surface area contributed by atoms with Crippen molar-refractivity contribution in [1.29, 1.82) is 0 Å². The molecule has 0 unspecified atom stereocenters. The molecule has 0 saturated carbocycles. The zero-order chi connectivity index (χ0) is 13.9. The highest BCUT2D eigenvalue weighted by Gasteiger charge is 2.07. The minimum atomic E-state index is 0.771. The van der Waals surface area contributed by atoms with E-state index in [2.05, 4.69) is 4.98 Å². The summed E-state index contributed by atoms with van der Waals surface area (Å²) in [6, 6.07) is 15.8. The average Bonchev–Trinajstić information content (AvgIpc) is 2.46. The third-order valence-corrected chi connectivity index (χ3v) is 4.57. The van der Waals surface area contributed by atoms with Gasteiger partial charge in [-0.05, 0) is 31.2 Å². The van der Waals surface area contributed by atoms with Crippen LogP contribution in [0.3, 0.4) is 0 Å². The maximum Gasteiger partial charge on any atom is 0.0890 e. The molecule has 0 N–H and O–H groups in total. The van der Waals surface area contributed by atoms with Crippen LogP contribution in [0.15, 0.2) is 53.4 Å². The third-order valence-electron chi connectivity index (χ3n) is 3.04. The first-order chi connectivity index (χ1) is 9.74. The Bertz CT molecular complexity index is 758. The molecule has 100 valence electrons. The standard InChI is InChI=1S/C16H13ClN2S/c1-11-15(10-20-16-9-5-2-6-12(16)17)19-14-8-4-3-7-13(14)18-11/h2-9H,10H2,1H3. The van der Waals surface area contributed by atoms with E-state index in [9.17, 15) is 0 Å². The highest BCUT2D eigenvalue weighted by molar-refractivity contribution is 7.98. The van der Waals surface area contributed by atoms with Crippen molar-refractivity contribution < 1.29 is 0 Å². The number of aromatic nitrogens is 2. The van der Waals surface area contributed by atoms with Gasteiger partial charge in [-0.15, -0.1) is 11.8 Å². The van der Waals surface area contributed by atoms with E-state index < -0.39 is 0 Å². The summed E-state index contributed by atoms with van der Waals surface area (Å²) in [4.78, 5) is 10.4. The van der Waals surface area contributed by atoms with Gasteiger partial charge in [-0.1, -0.05) is 35.9 Å². The molecule has 1 aromatic heterocycles. The fourth-order valence-electron chi connectivity index (χ4n) is 1.97. The first-order valence-electron chi connectivity index (χ1n) is 6.33. The Labute approximate surface area is 127 Å². The van der Waals surface area contributed by atoms with E-state index >= 15 is 0 Å². The van der Waals surface area contributed by atoms with Crippen LogP contribution in [0.5, 0.6) is 0 Å². The van der Waals surface area contributed by atoms with Gasteiger partial charge in [0.25, 0.3) is 0 Å². The Morgan fingerprint density at radius 3 is 2.35 bits per heavy atom. The maximum absolute atomic E-state index is 6.17. The normalized spacial score (nSPS) is 10.9. The molecule has 0 amide bonds. The van der Waals surface area contributed by atoms with Gasteiger partial charge in [0, 0.05) is 10.6 Å². The Morgan fingerprint density at radius 2 is 1.60 bits per heavy atom. The van der Waals surface area contributed by atoms with E-state index in [-0.39, 0.29) is 0 Å². The molecule has 0 atom stereocenters. The zero-order valence-corrected chi connectivity index (χ0v) is 12.6. The van der Waals surface area contributed by atoms with E-state index in [0.29, 0.717) is 0 Å². The van der Waals surface area contributed by atoms with E-state index in [1.54, 1.807) is 11.8 Å². The van der Waals surface area contributed by atoms with Gasteiger partial charge in [-0.3, -0.25) is 0 Å². The number of halogens is 1. The Balaban J connectivity index is 1.87. The number of hydrogen-bond acceptors (Lipinski definition) is 3. The summed E-state index contributed by atoms with van der Waals surface area (Å²) in [5.41, 5.74) is 3.86. The number of para-hydroxylation sites is 2. The quantitative estimate of drug-likeness (QED) is 0.644. The molecule has 2 nitrogen and oxygen atoms in total. The van der Waals surface area contributed by atoms with Crippen LogP contribution in [-0.2, 0) is 5.75 Å². The van der Waals surface area contributed by atoms with Gasteiger partial charge in [-0.2, -0.15) is 0 Å². The van der Waals surface area contributed by atoms with Crippen LogP contribution in [-0.4, -0.2) is 9.97 Å². The van der Waals surface area contributed by atoms with Crippen molar-refractivity contribution in [1.82, 2.24) is 9.97 Å². The number of nitrogens with zero attached hydrogens (tertiary/aromatic N) is 2. The van der Waals surface area contributed by atoms with Crippen molar-refractivity contribution >= 4 is 34.4 Å². The van der Waals surface area contributed by atoms with Crippen LogP contribution in [0.1, 0.15) is 11.4 Å². The molecular weight excluding hydrogens is 288 g/mol. The van der Waals surface area contributed by atoms with Gasteiger partial charge < -0.3 is 0 Å². The number of thioether (sulfide) groups is 1. The van der Waals surface area contributed by atoms with Crippen molar-refractivity contribution in [3.63, 3.8) is 0 Å². The molecule has 20 heavy (non-hydrogen) atoms.